The van der Waals surface area contributed by atoms with Crippen molar-refractivity contribution < 1.29 is 0 Å². The first kappa shape index (κ1) is 23.3. The summed E-state index contributed by atoms with van der Waals surface area (Å²) in [7, 11) is 1.73. The summed E-state index contributed by atoms with van der Waals surface area (Å²) in [6, 6.07) is 17.0. The van der Waals surface area contributed by atoms with Crippen LogP contribution in [-0.4, -0.2) is 30.9 Å². The van der Waals surface area contributed by atoms with Crippen LogP contribution >= 0.6 is 11.6 Å². The van der Waals surface area contributed by atoms with Crippen LogP contribution in [0.4, 0.5) is 5.82 Å². The van der Waals surface area contributed by atoms with E-state index < -0.39 is 0 Å². The number of hydrogen-bond acceptors (Lipinski definition) is 5. The predicted octanol–water partition coefficient (Wildman–Crippen LogP) is 5.04. The first-order valence-electron chi connectivity index (χ1n) is 11.3. The Morgan fingerprint density at radius 2 is 1.89 bits per heavy atom. The average molecular weight is 496 g/mol. The molecule has 8 nitrogen and oxygen atoms in total. The van der Waals surface area contributed by atoms with Crippen LogP contribution in [0.3, 0.4) is 0 Å². The van der Waals surface area contributed by atoms with E-state index in [1.165, 1.54) is 0 Å². The summed E-state index contributed by atoms with van der Waals surface area (Å²) in [4.78, 5) is 24.9. The number of aromatic nitrogens is 5. The molecule has 5 rings (SSSR count). The van der Waals surface area contributed by atoms with Gasteiger partial charge < -0.3 is 14.7 Å². The molecule has 0 aliphatic carbocycles. The molecule has 1 N–H and O–H groups in total. The van der Waals surface area contributed by atoms with Crippen molar-refractivity contribution in [2.75, 3.05) is 11.9 Å². The molecule has 36 heavy (non-hydrogen) atoms. The molecule has 2 aromatic carbocycles. The Labute approximate surface area is 212 Å². The lowest BCUT2D eigenvalue weighted by atomic mass is 10.0. The summed E-state index contributed by atoms with van der Waals surface area (Å²) in [5.41, 5.74) is 4.38. The third-order valence-corrected chi connectivity index (χ3v) is 6.03. The standard InChI is InChI=1S/C27H22ClN7O/c1-29-10-11-35-17-21(15-31-35)26-32-24-8-6-19(20-7-9-25(36)34(2)16-20)13-23(24)27(33-26)30-14-18-4-3-5-22(28)12-18/h3-9,12-13,15-17H,10-11,14H2,2H3,(H,30,32,33). The van der Waals surface area contributed by atoms with Crippen molar-refractivity contribution in [3.05, 3.63) is 106 Å². The van der Waals surface area contributed by atoms with E-state index in [0.29, 0.717) is 36.3 Å². The van der Waals surface area contributed by atoms with Crippen LogP contribution < -0.4 is 10.9 Å². The monoisotopic (exact) mass is 495 g/mol. The van der Waals surface area contributed by atoms with Crippen LogP contribution in [0.2, 0.25) is 5.02 Å². The van der Waals surface area contributed by atoms with Gasteiger partial charge in [0.1, 0.15) is 12.4 Å². The molecule has 0 unspecified atom stereocenters. The molecule has 0 aliphatic rings. The Bertz CT molecular complexity index is 1670. The van der Waals surface area contributed by atoms with E-state index in [-0.39, 0.29) is 5.56 Å². The fraction of sp³-hybridized carbons (Fsp3) is 0.148. The van der Waals surface area contributed by atoms with Crippen molar-refractivity contribution in [2.45, 2.75) is 13.1 Å². The third-order valence-electron chi connectivity index (χ3n) is 5.80. The Balaban J connectivity index is 1.58. The lowest BCUT2D eigenvalue weighted by Gasteiger charge is -2.12. The maximum atomic E-state index is 11.8. The minimum absolute atomic E-state index is 0.0617. The lowest BCUT2D eigenvalue weighted by Crippen LogP contribution is -2.13. The van der Waals surface area contributed by atoms with Gasteiger partial charge in [-0.25, -0.2) is 16.5 Å². The van der Waals surface area contributed by atoms with Crippen LogP contribution in [0.1, 0.15) is 5.56 Å². The van der Waals surface area contributed by atoms with E-state index in [4.69, 9.17) is 28.1 Å². The molecule has 9 heteroatoms. The van der Waals surface area contributed by atoms with E-state index in [2.05, 4.69) is 15.3 Å². The largest absolute Gasteiger partial charge is 0.365 e. The Morgan fingerprint density at radius 3 is 2.69 bits per heavy atom. The van der Waals surface area contributed by atoms with Crippen molar-refractivity contribution in [3.8, 4) is 22.5 Å². The molecule has 0 aliphatic heterocycles. The van der Waals surface area contributed by atoms with Crippen LogP contribution in [-0.2, 0) is 20.1 Å². The van der Waals surface area contributed by atoms with Crippen LogP contribution in [0, 0.1) is 6.57 Å². The van der Waals surface area contributed by atoms with Gasteiger partial charge in [-0.05, 0) is 47.0 Å². The van der Waals surface area contributed by atoms with E-state index >= 15 is 0 Å². The van der Waals surface area contributed by atoms with E-state index in [1.807, 2.05) is 60.9 Å². The molecule has 0 spiro atoms. The van der Waals surface area contributed by atoms with Crippen LogP contribution in [0.15, 0.2) is 78.0 Å². The molecule has 0 fully saturated rings. The zero-order chi connectivity index (χ0) is 25.1. The van der Waals surface area contributed by atoms with E-state index in [9.17, 15) is 4.79 Å². The number of anilines is 1. The molecular weight excluding hydrogens is 474 g/mol. The quantitative estimate of drug-likeness (QED) is 0.320. The minimum atomic E-state index is -0.0617. The maximum Gasteiger partial charge on any atom is 0.250 e. The normalized spacial score (nSPS) is 10.9. The second-order valence-electron chi connectivity index (χ2n) is 8.35. The second kappa shape index (κ2) is 10.0. The third kappa shape index (κ3) is 4.97. The zero-order valence-corrected chi connectivity index (χ0v) is 20.3. The highest BCUT2D eigenvalue weighted by Gasteiger charge is 2.13. The fourth-order valence-corrected chi connectivity index (χ4v) is 4.14. The lowest BCUT2D eigenvalue weighted by molar-refractivity contribution is 0.648. The topological polar surface area (TPSA) is 82.0 Å². The molecule has 0 bridgehead atoms. The zero-order valence-electron chi connectivity index (χ0n) is 19.5. The SMILES string of the molecule is [C-]#[N+]CCn1cc(-c2nc(NCc3cccc(Cl)c3)c3cc(-c4ccc(=O)n(C)c4)ccc3n2)cn1. The van der Waals surface area contributed by atoms with Gasteiger partial charge in [-0.2, -0.15) is 5.10 Å². The fourth-order valence-electron chi connectivity index (χ4n) is 3.92. The predicted molar refractivity (Wildman–Crippen MR) is 142 cm³/mol. The minimum Gasteiger partial charge on any atom is -0.365 e. The van der Waals surface area contributed by atoms with Gasteiger partial charge in [-0.1, -0.05) is 29.8 Å². The summed E-state index contributed by atoms with van der Waals surface area (Å²) in [6.45, 7) is 8.40. The molecule has 3 aromatic heterocycles. The number of fused-ring (bicyclic) bond motifs is 1. The highest BCUT2D eigenvalue weighted by molar-refractivity contribution is 6.30. The summed E-state index contributed by atoms with van der Waals surface area (Å²) >= 11 is 6.17. The first-order chi connectivity index (χ1) is 17.5. The number of nitrogens with one attached hydrogen (secondary N) is 1. The van der Waals surface area contributed by atoms with Gasteiger partial charge in [0.2, 0.25) is 12.1 Å². The van der Waals surface area contributed by atoms with Crippen molar-refractivity contribution in [1.29, 1.82) is 0 Å². The highest BCUT2D eigenvalue weighted by atomic mass is 35.5. The van der Waals surface area contributed by atoms with Crippen molar-refractivity contribution >= 4 is 28.3 Å². The molecular formula is C27H22ClN7O. The molecule has 0 atom stereocenters. The number of aryl methyl sites for hydroxylation is 1. The van der Waals surface area contributed by atoms with Gasteiger partial charge in [-0.15, -0.1) is 0 Å². The highest BCUT2D eigenvalue weighted by Crippen LogP contribution is 2.30. The van der Waals surface area contributed by atoms with Gasteiger partial charge >= 0.3 is 0 Å². The molecule has 0 amide bonds. The second-order valence-corrected chi connectivity index (χ2v) is 8.79. The number of pyridine rings is 1. The molecule has 178 valence electrons. The summed E-state index contributed by atoms with van der Waals surface area (Å²) < 4.78 is 3.28. The number of halogens is 1. The summed E-state index contributed by atoms with van der Waals surface area (Å²) in [6.07, 6.45) is 5.38. The van der Waals surface area contributed by atoms with Gasteiger partial charge in [0.25, 0.3) is 0 Å². The van der Waals surface area contributed by atoms with Gasteiger partial charge in [0, 0.05) is 42.5 Å². The summed E-state index contributed by atoms with van der Waals surface area (Å²) in [5.74, 6) is 1.22. The average Bonchev–Trinajstić information content (AvgIpc) is 3.36. The molecule has 5 aromatic rings. The Morgan fingerprint density at radius 1 is 1.03 bits per heavy atom. The maximum absolute atomic E-state index is 11.8. The van der Waals surface area contributed by atoms with Gasteiger partial charge in [0.15, 0.2) is 5.82 Å². The first-order valence-corrected chi connectivity index (χ1v) is 11.7. The van der Waals surface area contributed by atoms with Crippen molar-refractivity contribution in [2.24, 2.45) is 7.05 Å². The molecule has 0 saturated heterocycles. The van der Waals surface area contributed by atoms with E-state index in [1.54, 1.807) is 28.6 Å². The molecule has 0 radical (unpaired) electrons. The van der Waals surface area contributed by atoms with E-state index in [0.717, 1.165) is 33.2 Å². The molecule has 3 heterocycles. The number of nitrogens with zero attached hydrogens (tertiary/aromatic N) is 6. The van der Waals surface area contributed by atoms with Gasteiger partial charge in [0.05, 0.1) is 17.3 Å². The number of hydrogen-bond donors (Lipinski definition) is 1. The smallest absolute Gasteiger partial charge is 0.250 e. The summed E-state index contributed by atoms with van der Waals surface area (Å²) in [5, 5.41) is 9.32. The molecule has 0 saturated carbocycles. The van der Waals surface area contributed by atoms with Crippen molar-refractivity contribution in [1.82, 2.24) is 24.3 Å². The Hall–Kier alpha value is -4.48. The van der Waals surface area contributed by atoms with Crippen LogP contribution in [0.5, 0.6) is 0 Å². The Kier molecular flexibility index (Phi) is 6.48. The van der Waals surface area contributed by atoms with Gasteiger partial charge in [-0.3, -0.25) is 9.48 Å². The van der Waals surface area contributed by atoms with Crippen LogP contribution in [0.25, 0.3) is 38.3 Å². The number of benzene rings is 2. The number of rotatable bonds is 7. The van der Waals surface area contributed by atoms with Crippen molar-refractivity contribution in [3.63, 3.8) is 0 Å².